The number of aliphatic hydroxyl groups is 1. The van der Waals surface area contributed by atoms with Gasteiger partial charge in [0.15, 0.2) is 11.5 Å². The molecule has 192 valence electrons. The van der Waals surface area contributed by atoms with Gasteiger partial charge in [0.25, 0.3) is 11.7 Å². The Bertz CT molecular complexity index is 1120. The summed E-state index contributed by atoms with van der Waals surface area (Å²) in [5.41, 5.74) is 0.986. The van der Waals surface area contributed by atoms with E-state index in [0.717, 1.165) is 13.1 Å². The molecule has 1 atom stereocenters. The van der Waals surface area contributed by atoms with Crippen LogP contribution in [-0.2, 0) is 14.3 Å². The van der Waals surface area contributed by atoms with Gasteiger partial charge < -0.3 is 29.0 Å². The molecule has 9 heteroatoms. The number of amides is 1. The van der Waals surface area contributed by atoms with Crippen LogP contribution in [-0.4, -0.2) is 86.8 Å². The lowest BCUT2D eigenvalue weighted by molar-refractivity contribution is -0.140. The average Bonchev–Trinajstić information content (AvgIpc) is 3.17. The van der Waals surface area contributed by atoms with E-state index in [1.807, 2.05) is 6.92 Å². The third-order valence-corrected chi connectivity index (χ3v) is 6.47. The van der Waals surface area contributed by atoms with Gasteiger partial charge in [0.05, 0.1) is 45.7 Å². The molecule has 9 nitrogen and oxygen atoms in total. The van der Waals surface area contributed by atoms with Crippen LogP contribution in [0.4, 0.5) is 0 Å². The van der Waals surface area contributed by atoms with Crippen LogP contribution in [0.3, 0.4) is 0 Å². The fraction of sp³-hybridized carbons (Fsp3) is 0.407. The third kappa shape index (κ3) is 5.03. The second-order valence-corrected chi connectivity index (χ2v) is 8.49. The van der Waals surface area contributed by atoms with Crippen LogP contribution in [0.1, 0.15) is 24.1 Å². The molecule has 1 N–H and O–H groups in total. The minimum atomic E-state index is -0.845. The number of benzene rings is 2. The zero-order chi connectivity index (χ0) is 25.7. The fourth-order valence-corrected chi connectivity index (χ4v) is 4.67. The van der Waals surface area contributed by atoms with E-state index < -0.39 is 17.7 Å². The Morgan fingerprint density at radius 1 is 1.03 bits per heavy atom. The Labute approximate surface area is 210 Å². The number of morpholine rings is 1. The van der Waals surface area contributed by atoms with Gasteiger partial charge in [-0.2, -0.15) is 0 Å². The van der Waals surface area contributed by atoms with Gasteiger partial charge in [-0.05, 0) is 37.3 Å². The summed E-state index contributed by atoms with van der Waals surface area (Å²) in [6.07, 6.45) is 0. The van der Waals surface area contributed by atoms with Gasteiger partial charge in [0, 0.05) is 37.3 Å². The van der Waals surface area contributed by atoms with Crippen molar-refractivity contribution >= 4 is 17.4 Å². The lowest BCUT2D eigenvalue weighted by Crippen LogP contribution is -2.42. The summed E-state index contributed by atoms with van der Waals surface area (Å²) >= 11 is 0. The van der Waals surface area contributed by atoms with Crippen molar-refractivity contribution in [3.05, 3.63) is 59.2 Å². The summed E-state index contributed by atoms with van der Waals surface area (Å²) in [5, 5.41) is 11.3. The van der Waals surface area contributed by atoms with E-state index in [1.54, 1.807) is 42.5 Å². The van der Waals surface area contributed by atoms with Crippen LogP contribution in [0.25, 0.3) is 5.76 Å². The van der Waals surface area contributed by atoms with Gasteiger partial charge in [-0.15, -0.1) is 0 Å². The molecule has 0 spiro atoms. The van der Waals surface area contributed by atoms with Gasteiger partial charge in [-0.1, -0.05) is 12.1 Å². The molecule has 1 amide bonds. The molecule has 4 rings (SSSR count). The molecule has 2 saturated heterocycles. The highest BCUT2D eigenvalue weighted by Crippen LogP contribution is 2.45. The molecule has 2 fully saturated rings. The van der Waals surface area contributed by atoms with Crippen LogP contribution in [0.15, 0.2) is 48.0 Å². The van der Waals surface area contributed by atoms with E-state index in [4.69, 9.17) is 18.9 Å². The zero-order valence-corrected chi connectivity index (χ0v) is 20.9. The second-order valence-electron chi connectivity index (χ2n) is 8.49. The molecule has 0 aliphatic carbocycles. The van der Waals surface area contributed by atoms with Crippen molar-refractivity contribution in [3.63, 3.8) is 0 Å². The van der Waals surface area contributed by atoms with Crippen molar-refractivity contribution in [2.24, 2.45) is 0 Å². The minimum Gasteiger partial charge on any atom is -0.507 e. The summed E-state index contributed by atoms with van der Waals surface area (Å²) < 4.78 is 22.0. The highest BCUT2D eigenvalue weighted by molar-refractivity contribution is 6.46. The van der Waals surface area contributed by atoms with Gasteiger partial charge in [0.1, 0.15) is 11.5 Å². The van der Waals surface area contributed by atoms with Crippen molar-refractivity contribution < 1.29 is 33.6 Å². The summed E-state index contributed by atoms with van der Waals surface area (Å²) in [6, 6.07) is 11.2. The molecule has 0 saturated carbocycles. The van der Waals surface area contributed by atoms with Crippen LogP contribution in [0, 0.1) is 0 Å². The first-order valence-corrected chi connectivity index (χ1v) is 12.0. The van der Waals surface area contributed by atoms with Crippen LogP contribution < -0.4 is 14.2 Å². The highest BCUT2D eigenvalue weighted by atomic mass is 16.5. The molecule has 0 unspecified atom stereocenters. The number of hydrogen-bond donors (Lipinski definition) is 1. The van der Waals surface area contributed by atoms with Crippen molar-refractivity contribution in [3.8, 4) is 17.2 Å². The Morgan fingerprint density at radius 2 is 1.75 bits per heavy atom. The van der Waals surface area contributed by atoms with Gasteiger partial charge in [-0.25, -0.2) is 0 Å². The fourth-order valence-electron chi connectivity index (χ4n) is 4.67. The molecule has 2 heterocycles. The largest absolute Gasteiger partial charge is 0.507 e. The number of carbonyl (C=O) groups excluding carboxylic acids is 2. The van der Waals surface area contributed by atoms with E-state index in [1.165, 1.54) is 19.1 Å². The number of Topliss-reactive ketones (excluding diaryl/α,β-unsaturated/α-hetero) is 1. The average molecular weight is 497 g/mol. The number of ether oxygens (including phenoxy) is 4. The molecular weight excluding hydrogens is 464 g/mol. The first kappa shape index (κ1) is 25.5. The molecule has 2 aromatic carbocycles. The predicted octanol–water partition coefficient (Wildman–Crippen LogP) is 2.86. The van der Waals surface area contributed by atoms with Crippen molar-refractivity contribution in [2.75, 3.05) is 60.2 Å². The molecule has 36 heavy (non-hydrogen) atoms. The Morgan fingerprint density at radius 3 is 2.39 bits per heavy atom. The molecule has 0 radical (unpaired) electrons. The van der Waals surface area contributed by atoms with Gasteiger partial charge in [-0.3, -0.25) is 14.5 Å². The normalized spacial score (nSPS) is 20.0. The molecule has 2 aliphatic rings. The maximum absolute atomic E-state index is 13.3. The summed E-state index contributed by atoms with van der Waals surface area (Å²) in [5.74, 6) is -0.134. The van der Waals surface area contributed by atoms with E-state index in [2.05, 4.69) is 4.90 Å². The lowest BCUT2D eigenvalue weighted by Gasteiger charge is -2.31. The molecule has 0 bridgehead atoms. The summed E-state index contributed by atoms with van der Waals surface area (Å²) in [6.45, 7) is 6.03. The maximum Gasteiger partial charge on any atom is 0.295 e. The SMILES string of the molecule is CCOc1ccc(C(O)=C2C(=O)C(=O)N(CCN3CCOCC3)[C@H]2c2cccc(OC)c2OC)cc1. The van der Waals surface area contributed by atoms with Gasteiger partial charge >= 0.3 is 0 Å². The number of aliphatic hydroxyl groups excluding tert-OH is 1. The molecule has 2 aliphatic heterocycles. The van der Waals surface area contributed by atoms with E-state index >= 15 is 0 Å². The second kappa shape index (κ2) is 11.5. The number of para-hydroxylation sites is 1. The van der Waals surface area contributed by atoms with Crippen molar-refractivity contribution in [2.45, 2.75) is 13.0 Å². The highest BCUT2D eigenvalue weighted by Gasteiger charge is 2.47. The first-order chi connectivity index (χ1) is 17.5. The van der Waals surface area contributed by atoms with Crippen LogP contribution in [0.2, 0.25) is 0 Å². The predicted molar refractivity (Wildman–Crippen MR) is 133 cm³/mol. The number of carbonyl (C=O) groups is 2. The monoisotopic (exact) mass is 496 g/mol. The van der Waals surface area contributed by atoms with Crippen molar-refractivity contribution in [1.82, 2.24) is 9.80 Å². The molecule has 0 aromatic heterocycles. The maximum atomic E-state index is 13.3. The van der Waals surface area contributed by atoms with E-state index in [-0.39, 0.29) is 11.3 Å². The standard InChI is InChI=1S/C27H32N2O7/c1-4-36-19-10-8-18(9-11-19)24(30)22-23(20-6-5-7-21(33-2)26(20)34-3)29(27(32)25(22)31)13-12-28-14-16-35-17-15-28/h5-11,23,30H,4,12-17H2,1-3H3/t23-/m0/s1. The number of ketones is 1. The Balaban J connectivity index is 1.79. The number of methoxy groups -OCH3 is 2. The Hall–Kier alpha value is -3.56. The number of nitrogens with zero attached hydrogens (tertiary/aromatic N) is 2. The third-order valence-electron chi connectivity index (χ3n) is 6.47. The number of likely N-dealkylation sites (tertiary alicyclic amines) is 1. The zero-order valence-electron chi connectivity index (χ0n) is 20.9. The van der Waals surface area contributed by atoms with Gasteiger partial charge in [0.2, 0.25) is 0 Å². The summed E-state index contributed by atoms with van der Waals surface area (Å²) in [4.78, 5) is 30.3. The first-order valence-electron chi connectivity index (χ1n) is 12.0. The van der Waals surface area contributed by atoms with Crippen molar-refractivity contribution in [1.29, 1.82) is 0 Å². The van der Waals surface area contributed by atoms with Crippen LogP contribution in [0.5, 0.6) is 17.2 Å². The topological polar surface area (TPSA) is 97.8 Å². The minimum absolute atomic E-state index is 0.0118. The molecular formula is C27H32N2O7. The Kier molecular flexibility index (Phi) is 8.12. The smallest absolute Gasteiger partial charge is 0.295 e. The quantitative estimate of drug-likeness (QED) is 0.322. The number of hydrogen-bond acceptors (Lipinski definition) is 8. The van der Waals surface area contributed by atoms with Crippen LogP contribution >= 0.6 is 0 Å². The summed E-state index contributed by atoms with van der Waals surface area (Å²) in [7, 11) is 3.03. The van der Waals surface area contributed by atoms with E-state index in [9.17, 15) is 14.7 Å². The van der Waals surface area contributed by atoms with E-state index in [0.29, 0.717) is 61.3 Å². The molecule has 2 aromatic rings. The number of rotatable bonds is 9. The lowest BCUT2D eigenvalue weighted by atomic mass is 9.94.